The minimum Gasteiger partial charge on any atom is -0.357 e. The minimum absolute atomic E-state index is 0.0446. The molecule has 1 saturated carbocycles. The fourth-order valence-electron chi connectivity index (χ4n) is 4.42. The number of carbonyl (C=O) groups is 1. The maximum absolute atomic E-state index is 13.3. The van der Waals surface area contributed by atoms with Crippen molar-refractivity contribution in [1.82, 2.24) is 20.1 Å². The van der Waals surface area contributed by atoms with Crippen molar-refractivity contribution in [3.8, 4) is 11.3 Å². The lowest BCUT2D eigenvalue weighted by molar-refractivity contribution is -0.168. The molecule has 0 aliphatic heterocycles. The Morgan fingerprint density at radius 1 is 1.22 bits per heavy atom. The van der Waals surface area contributed by atoms with Crippen LogP contribution in [0.3, 0.4) is 0 Å². The molecule has 8 nitrogen and oxygen atoms in total. The van der Waals surface area contributed by atoms with Crippen molar-refractivity contribution in [2.24, 2.45) is 5.92 Å². The van der Waals surface area contributed by atoms with E-state index >= 15 is 0 Å². The molecule has 0 atom stereocenters. The number of pyridine rings is 1. The average Bonchev–Trinajstić information content (AvgIpc) is 3.12. The molecule has 3 rings (SSSR count). The van der Waals surface area contributed by atoms with Gasteiger partial charge in [-0.25, -0.2) is 13.4 Å². The van der Waals surface area contributed by atoms with Gasteiger partial charge in [-0.05, 0) is 70.9 Å². The maximum atomic E-state index is 13.3. The van der Waals surface area contributed by atoms with Gasteiger partial charge in [0.15, 0.2) is 5.69 Å². The van der Waals surface area contributed by atoms with Gasteiger partial charge in [0.1, 0.15) is 21.2 Å². The Morgan fingerprint density at radius 3 is 2.35 bits per heavy atom. The van der Waals surface area contributed by atoms with E-state index in [1.54, 1.807) is 11.6 Å². The molecule has 37 heavy (non-hydrogen) atoms. The van der Waals surface area contributed by atoms with Crippen molar-refractivity contribution in [1.29, 1.82) is 0 Å². The van der Waals surface area contributed by atoms with E-state index < -0.39 is 27.5 Å². The second kappa shape index (κ2) is 10.8. The van der Waals surface area contributed by atoms with Crippen LogP contribution in [0.25, 0.3) is 11.3 Å². The number of amides is 1. The van der Waals surface area contributed by atoms with E-state index in [4.69, 9.17) is 11.6 Å². The summed E-state index contributed by atoms with van der Waals surface area (Å²) in [5.74, 6) is -0.216. The van der Waals surface area contributed by atoms with Gasteiger partial charge in [-0.3, -0.25) is 9.48 Å². The third-order valence-electron chi connectivity index (χ3n) is 6.87. The summed E-state index contributed by atoms with van der Waals surface area (Å²) in [5, 5.41) is 9.45. The molecule has 0 saturated heterocycles. The minimum atomic E-state index is -4.47. The monoisotopic (exact) mass is 563 g/mol. The molecule has 0 radical (unpaired) electrons. The molecule has 2 aromatic heterocycles. The zero-order valence-electron chi connectivity index (χ0n) is 21.5. The zero-order chi connectivity index (χ0) is 27.8. The van der Waals surface area contributed by atoms with Gasteiger partial charge in [0.25, 0.3) is 5.91 Å². The highest BCUT2D eigenvalue weighted by molar-refractivity contribution is 7.91. The molecule has 2 N–H and O–H groups in total. The molecule has 0 aromatic carbocycles. The Hall–Kier alpha value is -2.34. The number of rotatable bonds is 8. The Bertz CT molecular complexity index is 1250. The lowest BCUT2D eigenvalue weighted by Crippen LogP contribution is -2.46. The number of nitrogens with one attached hydrogen (secondary N) is 2. The molecule has 2 heterocycles. The van der Waals surface area contributed by atoms with E-state index in [-0.39, 0.29) is 27.7 Å². The van der Waals surface area contributed by atoms with Gasteiger partial charge >= 0.3 is 6.18 Å². The third-order valence-corrected chi connectivity index (χ3v) is 8.92. The SMILES string of the molecule is CCn1nc(C(=O)NCC2CCC(S(C)(=O)=O)CC2)c(Cl)c1-c1cnc(NC(C)(C)C(F)(F)F)cc1C. The predicted molar refractivity (Wildman–Crippen MR) is 138 cm³/mol. The van der Waals surface area contributed by atoms with Crippen LogP contribution in [-0.2, 0) is 16.4 Å². The number of aryl methyl sites for hydroxylation is 2. The van der Waals surface area contributed by atoms with Gasteiger partial charge < -0.3 is 10.6 Å². The van der Waals surface area contributed by atoms with E-state index in [1.807, 2.05) is 6.92 Å². The van der Waals surface area contributed by atoms with Crippen molar-refractivity contribution in [3.63, 3.8) is 0 Å². The van der Waals surface area contributed by atoms with E-state index in [1.165, 1.54) is 18.5 Å². The van der Waals surface area contributed by atoms with Gasteiger partial charge in [0.2, 0.25) is 0 Å². The van der Waals surface area contributed by atoms with Gasteiger partial charge in [-0.2, -0.15) is 18.3 Å². The molecule has 206 valence electrons. The maximum Gasteiger partial charge on any atom is 0.410 e. The van der Waals surface area contributed by atoms with Crippen LogP contribution >= 0.6 is 11.6 Å². The standard InChI is InChI=1S/C24H33ClF3N5O3S/c1-6-33-21(17-13-29-18(11-14(17)2)31-23(3,4)24(26,27)28)19(25)20(32-33)22(34)30-12-15-7-9-16(10-8-15)37(5,35)36/h11,13,15-16H,6-10,12H2,1-5H3,(H,29,31)(H,30,34). The van der Waals surface area contributed by atoms with Crippen LogP contribution in [0, 0.1) is 12.8 Å². The summed E-state index contributed by atoms with van der Waals surface area (Å²) in [6.45, 7) is 6.40. The van der Waals surface area contributed by atoms with Crippen LogP contribution in [0.15, 0.2) is 12.3 Å². The van der Waals surface area contributed by atoms with Gasteiger partial charge in [0.05, 0.1) is 16.0 Å². The number of anilines is 1. The molecule has 0 spiro atoms. The van der Waals surface area contributed by atoms with Crippen molar-refractivity contribution < 1.29 is 26.4 Å². The van der Waals surface area contributed by atoms with Gasteiger partial charge in [0, 0.05) is 31.1 Å². The number of sulfone groups is 1. The third kappa shape index (κ3) is 6.57. The molecule has 1 aliphatic carbocycles. The number of alkyl halides is 3. The molecule has 0 unspecified atom stereocenters. The highest BCUT2D eigenvalue weighted by Gasteiger charge is 2.47. The Balaban J connectivity index is 1.76. The first-order valence-corrected chi connectivity index (χ1v) is 14.4. The Morgan fingerprint density at radius 2 is 1.84 bits per heavy atom. The largest absolute Gasteiger partial charge is 0.410 e. The molecule has 1 aliphatic rings. The fourth-order valence-corrected chi connectivity index (χ4v) is 5.87. The summed E-state index contributed by atoms with van der Waals surface area (Å²) in [5.41, 5.74) is -0.515. The van der Waals surface area contributed by atoms with Crippen LogP contribution in [0.1, 0.15) is 62.5 Å². The highest BCUT2D eigenvalue weighted by atomic mass is 35.5. The molecule has 1 amide bonds. The number of halogens is 4. The number of hydrogen-bond donors (Lipinski definition) is 2. The van der Waals surface area contributed by atoms with Gasteiger partial charge in [-0.1, -0.05) is 11.6 Å². The highest BCUT2D eigenvalue weighted by Crippen LogP contribution is 2.36. The molecule has 1 fully saturated rings. The van der Waals surface area contributed by atoms with Crippen LogP contribution < -0.4 is 10.6 Å². The smallest absolute Gasteiger partial charge is 0.357 e. The van der Waals surface area contributed by atoms with E-state index in [0.29, 0.717) is 55.6 Å². The van der Waals surface area contributed by atoms with E-state index in [9.17, 15) is 26.4 Å². The molecular weight excluding hydrogens is 531 g/mol. The van der Waals surface area contributed by atoms with Crippen LogP contribution in [0.4, 0.5) is 19.0 Å². The summed E-state index contributed by atoms with van der Waals surface area (Å²) in [7, 11) is -3.06. The lowest BCUT2D eigenvalue weighted by atomic mass is 9.89. The van der Waals surface area contributed by atoms with Crippen LogP contribution in [0.5, 0.6) is 0 Å². The summed E-state index contributed by atoms with van der Waals surface area (Å²) in [4.78, 5) is 17.1. The molecular formula is C24H33ClF3N5O3S. The normalized spacial score (nSPS) is 19.1. The zero-order valence-corrected chi connectivity index (χ0v) is 23.1. The quantitative estimate of drug-likeness (QED) is 0.467. The molecule has 2 aromatic rings. The Labute approximate surface area is 220 Å². The summed E-state index contributed by atoms with van der Waals surface area (Å²) < 4.78 is 64.8. The topological polar surface area (TPSA) is 106 Å². The second-order valence-corrected chi connectivity index (χ2v) is 12.8. The summed E-state index contributed by atoms with van der Waals surface area (Å²) >= 11 is 6.60. The molecule has 0 bridgehead atoms. The van der Waals surface area contributed by atoms with Crippen molar-refractivity contribution in [2.45, 2.75) is 76.9 Å². The van der Waals surface area contributed by atoms with Crippen LogP contribution in [0.2, 0.25) is 5.02 Å². The summed E-state index contributed by atoms with van der Waals surface area (Å²) in [6, 6.07) is 1.50. The second-order valence-electron chi connectivity index (χ2n) is 10.1. The van der Waals surface area contributed by atoms with Gasteiger partial charge in [-0.15, -0.1) is 0 Å². The van der Waals surface area contributed by atoms with Crippen molar-refractivity contribution in [3.05, 3.63) is 28.5 Å². The first-order valence-electron chi connectivity index (χ1n) is 12.1. The Kier molecular flexibility index (Phi) is 8.53. The van der Waals surface area contributed by atoms with Crippen molar-refractivity contribution >= 4 is 33.2 Å². The summed E-state index contributed by atoms with van der Waals surface area (Å²) in [6.07, 6.45) is 0.765. The van der Waals surface area contributed by atoms with Crippen molar-refractivity contribution in [2.75, 3.05) is 18.1 Å². The first kappa shape index (κ1) is 29.2. The first-order chi connectivity index (χ1) is 17.0. The average molecular weight is 564 g/mol. The predicted octanol–water partition coefficient (Wildman–Crippen LogP) is 5.01. The van der Waals surface area contributed by atoms with E-state index in [2.05, 4.69) is 20.7 Å². The molecule has 13 heteroatoms. The van der Waals surface area contributed by atoms with Crippen LogP contribution in [-0.4, -0.2) is 58.9 Å². The number of aromatic nitrogens is 3. The lowest BCUT2D eigenvalue weighted by Gasteiger charge is -2.29. The number of hydrogen-bond acceptors (Lipinski definition) is 6. The fraction of sp³-hybridized carbons (Fsp3) is 0.625. The van der Waals surface area contributed by atoms with E-state index in [0.717, 1.165) is 13.8 Å². The number of carbonyl (C=O) groups excluding carboxylic acids is 1. The number of nitrogens with zero attached hydrogens (tertiary/aromatic N) is 3.